The fourth-order valence-electron chi connectivity index (χ4n) is 3.46. The van der Waals surface area contributed by atoms with E-state index in [2.05, 4.69) is 0 Å². The Morgan fingerprint density at radius 2 is 1.88 bits per heavy atom. The molecule has 0 aliphatic carbocycles. The molecule has 0 aromatic heterocycles. The predicted molar refractivity (Wildman–Crippen MR) is 96.2 cm³/mol. The molecule has 5 nitrogen and oxygen atoms in total. The van der Waals surface area contributed by atoms with Crippen molar-refractivity contribution in [2.24, 2.45) is 0 Å². The zero-order chi connectivity index (χ0) is 18.9. The van der Waals surface area contributed by atoms with Gasteiger partial charge in [-0.3, -0.25) is 0 Å². The van der Waals surface area contributed by atoms with Gasteiger partial charge in [0.05, 0.1) is 24.5 Å². The van der Waals surface area contributed by atoms with Crippen LogP contribution in [0.4, 0.5) is 4.39 Å². The van der Waals surface area contributed by atoms with Gasteiger partial charge in [-0.25, -0.2) is 12.8 Å². The van der Waals surface area contributed by atoms with Crippen LogP contribution in [0.5, 0.6) is 0 Å². The maximum atomic E-state index is 13.4. The molecule has 1 aliphatic heterocycles. The van der Waals surface area contributed by atoms with Gasteiger partial charge in [-0.2, -0.15) is 9.57 Å². The third-order valence-electron chi connectivity index (χ3n) is 4.81. The van der Waals surface area contributed by atoms with Crippen LogP contribution < -0.4 is 0 Å². The van der Waals surface area contributed by atoms with Crippen molar-refractivity contribution in [3.8, 4) is 17.2 Å². The van der Waals surface area contributed by atoms with E-state index in [4.69, 9.17) is 0 Å². The summed E-state index contributed by atoms with van der Waals surface area (Å²) >= 11 is 0. The first-order valence-electron chi connectivity index (χ1n) is 8.30. The Labute approximate surface area is 152 Å². The number of nitriles is 1. The van der Waals surface area contributed by atoms with Crippen LogP contribution in [0.1, 0.15) is 18.4 Å². The highest BCUT2D eigenvalue weighted by Gasteiger charge is 2.54. The molecule has 1 aliphatic rings. The monoisotopic (exact) mass is 374 g/mol. The van der Waals surface area contributed by atoms with Crippen molar-refractivity contribution < 1.29 is 17.9 Å². The van der Waals surface area contributed by atoms with Gasteiger partial charge in [-0.15, -0.1) is 0 Å². The van der Waals surface area contributed by atoms with Crippen LogP contribution in [0, 0.1) is 17.1 Å². The van der Waals surface area contributed by atoms with E-state index in [1.807, 2.05) is 18.2 Å². The molecule has 7 heteroatoms. The highest BCUT2D eigenvalue weighted by Crippen LogP contribution is 2.42. The molecule has 0 spiro atoms. The van der Waals surface area contributed by atoms with Gasteiger partial charge >= 0.3 is 0 Å². The molecule has 136 valence electrons. The second-order valence-corrected chi connectivity index (χ2v) is 8.38. The van der Waals surface area contributed by atoms with E-state index in [1.165, 1.54) is 19.1 Å². The SMILES string of the molecule is CCS(=O)(=O)N1[C@H](CO)[C@@H](c2ccc(-c3cccc(F)c3)cc2)[C@@H]1C#N. The Hall–Kier alpha value is -2.27. The zero-order valence-corrected chi connectivity index (χ0v) is 15.0. The summed E-state index contributed by atoms with van der Waals surface area (Å²) in [5.41, 5.74) is 2.33. The van der Waals surface area contributed by atoms with E-state index in [9.17, 15) is 23.2 Å². The highest BCUT2D eigenvalue weighted by molar-refractivity contribution is 7.89. The summed E-state index contributed by atoms with van der Waals surface area (Å²) in [5.74, 6) is -0.837. The van der Waals surface area contributed by atoms with Crippen LogP contribution >= 0.6 is 0 Å². The molecule has 0 bridgehead atoms. The molecule has 0 saturated carbocycles. The Morgan fingerprint density at radius 1 is 1.19 bits per heavy atom. The summed E-state index contributed by atoms with van der Waals surface area (Å²) in [7, 11) is -3.57. The largest absolute Gasteiger partial charge is 0.395 e. The Bertz CT molecular complexity index is 938. The first-order chi connectivity index (χ1) is 12.4. The van der Waals surface area contributed by atoms with Crippen molar-refractivity contribution in [1.29, 1.82) is 5.26 Å². The smallest absolute Gasteiger partial charge is 0.215 e. The minimum Gasteiger partial charge on any atom is -0.395 e. The standard InChI is InChI=1S/C19H19FN2O3S/c1-2-26(24,25)22-17(11-21)19(18(22)12-23)14-8-6-13(7-9-14)15-4-3-5-16(20)10-15/h3-10,17-19,23H,2,12H2,1H3/t17-,18+,19-/m0/s1. The number of sulfonamides is 1. The number of aliphatic hydroxyl groups excluding tert-OH is 1. The number of benzene rings is 2. The van der Waals surface area contributed by atoms with Gasteiger partial charge in [0, 0.05) is 5.92 Å². The maximum absolute atomic E-state index is 13.4. The molecule has 0 radical (unpaired) electrons. The lowest BCUT2D eigenvalue weighted by Gasteiger charge is -2.50. The lowest BCUT2D eigenvalue weighted by molar-refractivity contribution is 0.0558. The molecule has 26 heavy (non-hydrogen) atoms. The van der Waals surface area contributed by atoms with Crippen LogP contribution in [0.25, 0.3) is 11.1 Å². The molecule has 1 saturated heterocycles. The molecular weight excluding hydrogens is 355 g/mol. The summed E-state index contributed by atoms with van der Waals surface area (Å²) in [6, 6.07) is 14.0. The van der Waals surface area contributed by atoms with Crippen molar-refractivity contribution in [1.82, 2.24) is 4.31 Å². The average molecular weight is 374 g/mol. The molecule has 0 unspecified atom stereocenters. The van der Waals surface area contributed by atoms with Gasteiger partial charge in [0.1, 0.15) is 11.9 Å². The Kier molecular flexibility index (Phi) is 5.10. The van der Waals surface area contributed by atoms with Crippen molar-refractivity contribution in [3.63, 3.8) is 0 Å². The van der Waals surface area contributed by atoms with Crippen molar-refractivity contribution in [2.45, 2.75) is 24.9 Å². The van der Waals surface area contributed by atoms with Crippen LogP contribution in [-0.4, -0.2) is 42.3 Å². The van der Waals surface area contributed by atoms with E-state index < -0.39 is 28.0 Å². The van der Waals surface area contributed by atoms with Gasteiger partial charge in [0.2, 0.25) is 10.0 Å². The Balaban J connectivity index is 1.90. The molecular formula is C19H19FN2O3S. The van der Waals surface area contributed by atoms with E-state index >= 15 is 0 Å². The van der Waals surface area contributed by atoms with Gasteiger partial charge in [-0.1, -0.05) is 36.4 Å². The lowest BCUT2D eigenvalue weighted by atomic mass is 9.78. The summed E-state index contributed by atoms with van der Waals surface area (Å²) in [5, 5.41) is 19.1. The summed E-state index contributed by atoms with van der Waals surface area (Å²) in [4.78, 5) is 0. The van der Waals surface area contributed by atoms with Crippen molar-refractivity contribution >= 4 is 10.0 Å². The summed E-state index contributed by atoms with van der Waals surface area (Å²) in [6.45, 7) is 1.16. The van der Waals surface area contributed by atoms with Crippen LogP contribution in [0.3, 0.4) is 0 Å². The minimum absolute atomic E-state index is 0.118. The molecule has 1 N–H and O–H groups in total. The first kappa shape index (κ1) is 18.5. The van der Waals surface area contributed by atoms with Crippen LogP contribution in [-0.2, 0) is 10.0 Å². The number of halogens is 1. The second kappa shape index (κ2) is 7.16. The molecule has 2 aromatic rings. The van der Waals surface area contributed by atoms with Gasteiger partial charge in [0.15, 0.2) is 0 Å². The average Bonchev–Trinajstić information content (AvgIpc) is 2.62. The van der Waals surface area contributed by atoms with Crippen molar-refractivity contribution in [2.75, 3.05) is 12.4 Å². The highest BCUT2D eigenvalue weighted by atomic mass is 32.2. The molecule has 3 atom stereocenters. The summed E-state index contributed by atoms with van der Waals surface area (Å²) < 4.78 is 38.9. The molecule has 3 rings (SSSR count). The fraction of sp³-hybridized carbons (Fsp3) is 0.316. The number of hydrogen-bond donors (Lipinski definition) is 1. The topological polar surface area (TPSA) is 81.4 Å². The van der Waals surface area contributed by atoms with Crippen molar-refractivity contribution in [3.05, 3.63) is 59.9 Å². The van der Waals surface area contributed by atoms with E-state index in [1.54, 1.807) is 24.3 Å². The van der Waals surface area contributed by atoms with E-state index in [-0.39, 0.29) is 18.2 Å². The quantitative estimate of drug-likeness (QED) is 0.872. The number of nitrogens with zero attached hydrogens (tertiary/aromatic N) is 2. The Morgan fingerprint density at radius 3 is 2.42 bits per heavy atom. The number of rotatable bonds is 5. The van der Waals surface area contributed by atoms with E-state index in [0.717, 1.165) is 21.0 Å². The molecule has 1 heterocycles. The first-order valence-corrected chi connectivity index (χ1v) is 9.91. The predicted octanol–water partition coefficient (Wildman–Crippen LogP) is 2.49. The molecule has 2 aromatic carbocycles. The van der Waals surface area contributed by atoms with Crippen LogP contribution in [0.15, 0.2) is 48.5 Å². The van der Waals surface area contributed by atoms with E-state index in [0.29, 0.717) is 0 Å². The second-order valence-electron chi connectivity index (χ2n) is 6.21. The normalized spacial score (nSPS) is 23.2. The molecule has 0 amide bonds. The van der Waals surface area contributed by atoms with Gasteiger partial charge < -0.3 is 5.11 Å². The lowest BCUT2D eigenvalue weighted by Crippen LogP contribution is -2.65. The van der Waals surface area contributed by atoms with Crippen LogP contribution in [0.2, 0.25) is 0 Å². The third-order valence-corrected chi connectivity index (χ3v) is 6.68. The third kappa shape index (κ3) is 3.12. The minimum atomic E-state index is -3.57. The van der Waals surface area contributed by atoms with Gasteiger partial charge in [-0.05, 0) is 35.7 Å². The number of aliphatic hydroxyl groups is 1. The van der Waals surface area contributed by atoms with Gasteiger partial charge in [0.25, 0.3) is 0 Å². The maximum Gasteiger partial charge on any atom is 0.215 e. The molecule has 1 fully saturated rings. The zero-order valence-electron chi connectivity index (χ0n) is 14.2. The number of hydrogen-bond acceptors (Lipinski definition) is 4. The summed E-state index contributed by atoms with van der Waals surface area (Å²) in [6.07, 6.45) is 0. The fourth-order valence-corrected chi connectivity index (χ4v) is 4.89.